The molecule has 0 aliphatic carbocycles. The molecule has 0 atom stereocenters. The van der Waals surface area contributed by atoms with Crippen molar-refractivity contribution in [1.82, 2.24) is 15.5 Å². The van der Waals surface area contributed by atoms with Crippen molar-refractivity contribution < 1.29 is 14.3 Å². The number of nitrogens with one attached hydrogen (secondary N) is 2. The molecule has 110 valence electrons. The molecule has 6 nitrogen and oxygen atoms in total. The first-order chi connectivity index (χ1) is 9.24. The Kier molecular flexibility index (Phi) is 8.16. The highest BCUT2D eigenvalue weighted by molar-refractivity contribution is 5.81. The second kappa shape index (κ2) is 9.75. The van der Waals surface area contributed by atoms with E-state index in [-0.39, 0.29) is 24.9 Å². The van der Waals surface area contributed by atoms with E-state index in [0.717, 1.165) is 25.9 Å². The monoisotopic (exact) mass is 271 g/mol. The Balaban J connectivity index is 2.10. The van der Waals surface area contributed by atoms with Gasteiger partial charge in [0.05, 0.1) is 19.7 Å². The van der Waals surface area contributed by atoms with Gasteiger partial charge >= 0.3 is 0 Å². The second-order valence-electron chi connectivity index (χ2n) is 4.74. The number of carbonyl (C=O) groups excluding carboxylic acids is 2. The van der Waals surface area contributed by atoms with Crippen LogP contribution in [0, 0.1) is 0 Å². The van der Waals surface area contributed by atoms with Gasteiger partial charge in [0.2, 0.25) is 11.8 Å². The van der Waals surface area contributed by atoms with Crippen LogP contribution in [0.2, 0.25) is 0 Å². The lowest BCUT2D eigenvalue weighted by atomic mass is 10.2. The average Bonchev–Trinajstić information content (AvgIpc) is 2.68. The summed E-state index contributed by atoms with van der Waals surface area (Å²) in [5.41, 5.74) is 0. The first-order valence-corrected chi connectivity index (χ1v) is 6.98. The minimum atomic E-state index is -0.110. The molecule has 1 fully saturated rings. The zero-order valence-electron chi connectivity index (χ0n) is 11.7. The minimum Gasteiger partial charge on any atom is -0.383 e. The lowest BCUT2D eigenvalue weighted by Crippen LogP contribution is -2.42. The molecule has 19 heavy (non-hydrogen) atoms. The topological polar surface area (TPSA) is 70.7 Å². The van der Waals surface area contributed by atoms with Crippen LogP contribution in [0.15, 0.2) is 0 Å². The van der Waals surface area contributed by atoms with E-state index in [0.29, 0.717) is 13.2 Å². The Morgan fingerprint density at radius 1 is 1.11 bits per heavy atom. The quantitative estimate of drug-likeness (QED) is 0.626. The summed E-state index contributed by atoms with van der Waals surface area (Å²) in [5.74, 6) is -0.0210. The summed E-state index contributed by atoms with van der Waals surface area (Å²) in [6, 6.07) is 0. The van der Waals surface area contributed by atoms with Crippen molar-refractivity contribution in [2.75, 3.05) is 46.4 Å². The van der Waals surface area contributed by atoms with Crippen molar-refractivity contribution in [2.45, 2.75) is 25.7 Å². The van der Waals surface area contributed by atoms with E-state index in [2.05, 4.69) is 10.6 Å². The first kappa shape index (κ1) is 15.9. The van der Waals surface area contributed by atoms with Crippen LogP contribution < -0.4 is 10.6 Å². The van der Waals surface area contributed by atoms with Gasteiger partial charge in [0.15, 0.2) is 0 Å². The number of ether oxygens (including phenoxy) is 1. The smallest absolute Gasteiger partial charge is 0.236 e. The third-order valence-electron chi connectivity index (χ3n) is 3.15. The van der Waals surface area contributed by atoms with E-state index in [9.17, 15) is 9.59 Å². The Morgan fingerprint density at radius 2 is 1.79 bits per heavy atom. The third kappa shape index (κ3) is 7.12. The molecule has 1 rings (SSSR count). The maximum absolute atomic E-state index is 11.9. The van der Waals surface area contributed by atoms with Gasteiger partial charge in [0.1, 0.15) is 0 Å². The maximum atomic E-state index is 11.9. The van der Waals surface area contributed by atoms with E-state index in [1.165, 1.54) is 12.8 Å². The van der Waals surface area contributed by atoms with Crippen LogP contribution in [0.1, 0.15) is 25.7 Å². The average molecular weight is 271 g/mol. The summed E-state index contributed by atoms with van der Waals surface area (Å²) >= 11 is 0. The molecule has 0 aromatic rings. The molecule has 0 radical (unpaired) electrons. The van der Waals surface area contributed by atoms with Crippen molar-refractivity contribution in [3.05, 3.63) is 0 Å². The predicted octanol–water partition coefficient (Wildman–Crippen LogP) is -0.259. The normalized spacial score (nSPS) is 15.9. The maximum Gasteiger partial charge on any atom is 0.236 e. The van der Waals surface area contributed by atoms with Crippen molar-refractivity contribution >= 4 is 11.8 Å². The Hall–Kier alpha value is -1.14. The van der Waals surface area contributed by atoms with Gasteiger partial charge in [0.25, 0.3) is 0 Å². The lowest BCUT2D eigenvalue weighted by molar-refractivity contribution is -0.130. The van der Waals surface area contributed by atoms with Crippen LogP contribution in [-0.4, -0.2) is 63.2 Å². The van der Waals surface area contributed by atoms with E-state index in [1.807, 2.05) is 4.90 Å². The molecule has 0 spiro atoms. The van der Waals surface area contributed by atoms with Crippen LogP contribution >= 0.6 is 0 Å². The number of nitrogens with zero attached hydrogens (tertiary/aromatic N) is 1. The molecular weight excluding hydrogens is 246 g/mol. The number of carbonyl (C=O) groups is 2. The van der Waals surface area contributed by atoms with E-state index in [1.54, 1.807) is 7.11 Å². The van der Waals surface area contributed by atoms with Crippen molar-refractivity contribution in [1.29, 1.82) is 0 Å². The summed E-state index contributed by atoms with van der Waals surface area (Å²) in [6.07, 6.45) is 4.59. The largest absolute Gasteiger partial charge is 0.383 e. The molecule has 1 saturated heterocycles. The molecule has 6 heteroatoms. The number of hydrogen-bond acceptors (Lipinski definition) is 4. The van der Waals surface area contributed by atoms with Crippen molar-refractivity contribution in [3.8, 4) is 0 Å². The summed E-state index contributed by atoms with van der Waals surface area (Å²) in [4.78, 5) is 25.2. The molecule has 1 heterocycles. The van der Waals surface area contributed by atoms with Gasteiger partial charge in [-0.3, -0.25) is 14.9 Å². The Bertz CT molecular complexity index is 276. The molecular formula is C13H25N3O3. The van der Waals surface area contributed by atoms with Crippen LogP contribution in [0.5, 0.6) is 0 Å². The van der Waals surface area contributed by atoms with Gasteiger partial charge in [-0.2, -0.15) is 0 Å². The van der Waals surface area contributed by atoms with Crippen LogP contribution in [0.25, 0.3) is 0 Å². The zero-order valence-corrected chi connectivity index (χ0v) is 11.7. The second-order valence-corrected chi connectivity index (χ2v) is 4.74. The number of amides is 2. The van der Waals surface area contributed by atoms with Gasteiger partial charge in [-0.15, -0.1) is 0 Å². The van der Waals surface area contributed by atoms with Crippen LogP contribution in [0.3, 0.4) is 0 Å². The molecule has 0 unspecified atom stereocenters. The fourth-order valence-corrected chi connectivity index (χ4v) is 2.07. The summed E-state index contributed by atoms with van der Waals surface area (Å²) < 4.78 is 4.83. The summed E-state index contributed by atoms with van der Waals surface area (Å²) in [5, 5.41) is 5.58. The van der Waals surface area contributed by atoms with Crippen LogP contribution in [0.4, 0.5) is 0 Å². The number of hydrogen-bond donors (Lipinski definition) is 2. The highest BCUT2D eigenvalue weighted by Crippen LogP contribution is 2.09. The van der Waals surface area contributed by atoms with Gasteiger partial charge in [-0.25, -0.2) is 0 Å². The molecule has 1 aliphatic rings. The van der Waals surface area contributed by atoms with E-state index in [4.69, 9.17) is 4.74 Å². The highest BCUT2D eigenvalue weighted by Gasteiger charge is 2.15. The lowest BCUT2D eigenvalue weighted by Gasteiger charge is -2.20. The summed E-state index contributed by atoms with van der Waals surface area (Å²) in [6.45, 7) is 3.09. The fraction of sp³-hybridized carbons (Fsp3) is 0.846. The van der Waals surface area contributed by atoms with Gasteiger partial charge in [-0.05, 0) is 12.8 Å². The molecule has 0 aromatic heterocycles. The number of methoxy groups -OCH3 is 1. The minimum absolute atomic E-state index is 0.0894. The standard InChI is InChI=1S/C13H25N3O3/c1-19-9-6-15-12(17)10-14-11-13(18)16-7-4-2-3-5-8-16/h14H,2-11H2,1H3,(H,15,17). The van der Waals surface area contributed by atoms with Gasteiger partial charge in [-0.1, -0.05) is 12.8 Å². The molecule has 0 saturated carbocycles. The molecule has 2 N–H and O–H groups in total. The predicted molar refractivity (Wildman–Crippen MR) is 72.8 cm³/mol. The summed E-state index contributed by atoms with van der Waals surface area (Å²) in [7, 11) is 1.59. The molecule has 0 bridgehead atoms. The van der Waals surface area contributed by atoms with Crippen LogP contribution in [-0.2, 0) is 14.3 Å². The highest BCUT2D eigenvalue weighted by atomic mass is 16.5. The molecule has 2 amide bonds. The SMILES string of the molecule is COCCNC(=O)CNCC(=O)N1CCCCCC1. The fourth-order valence-electron chi connectivity index (χ4n) is 2.07. The Morgan fingerprint density at radius 3 is 2.42 bits per heavy atom. The van der Waals surface area contributed by atoms with Crippen molar-refractivity contribution in [3.63, 3.8) is 0 Å². The zero-order chi connectivity index (χ0) is 13.9. The third-order valence-corrected chi connectivity index (χ3v) is 3.15. The van der Waals surface area contributed by atoms with E-state index >= 15 is 0 Å². The first-order valence-electron chi connectivity index (χ1n) is 6.98. The molecule has 0 aromatic carbocycles. The van der Waals surface area contributed by atoms with Crippen molar-refractivity contribution in [2.24, 2.45) is 0 Å². The van der Waals surface area contributed by atoms with Gasteiger partial charge < -0.3 is 15.0 Å². The van der Waals surface area contributed by atoms with E-state index < -0.39 is 0 Å². The molecule has 1 aliphatic heterocycles. The number of likely N-dealkylation sites (tertiary alicyclic amines) is 1. The Labute approximate surface area is 114 Å². The van der Waals surface area contributed by atoms with Gasteiger partial charge in [0, 0.05) is 26.7 Å². The number of rotatable bonds is 7.